The Morgan fingerprint density at radius 1 is 1.08 bits per heavy atom. The maximum atomic E-state index is 12.5. The summed E-state index contributed by atoms with van der Waals surface area (Å²) in [7, 11) is -3.46. The molecule has 0 saturated heterocycles. The predicted molar refractivity (Wildman–Crippen MR) is 113 cm³/mol. The first-order chi connectivity index (χ1) is 12.3. The first-order valence-electron chi connectivity index (χ1n) is 8.23. The zero-order valence-corrected chi connectivity index (χ0v) is 17.3. The van der Waals surface area contributed by atoms with Crippen LogP contribution >= 0.6 is 23.8 Å². The molecule has 0 heterocycles. The molecule has 0 amide bonds. The van der Waals surface area contributed by atoms with E-state index in [1.54, 1.807) is 24.3 Å². The van der Waals surface area contributed by atoms with Crippen LogP contribution in [0.3, 0.4) is 0 Å². The molecule has 140 valence electrons. The fourth-order valence-corrected chi connectivity index (χ4v) is 4.31. The zero-order chi connectivity index (χ0) is 19.3. The molecule has 0 spiro atoms. The van der Waals surface area contributed by atoms with E-state index in [1.165, 1.54) is 4.31 Å². The van der Waals surface area contributed by atoms with Crippen LogP contribution in [0, 0.1) is 6.92 Å². The quantitative estimate of drug-likeness (QED) is 0.686. The average molecular weight is 412 g/mol. The second kappa shape index (κ2) is 8.81. The van der Waals surface area contributed by atoms with Crippen molar-refractivity contribution in [3.63, 3.8) is 0 Å². The standard InChI is InChI=1S/C18H22ClN3O2S2/c1-4-22(5-2)26(23,24)15-11-9-14(10-12-15)20-18(25)21-17-8-6-7-16(19)13(17)3/h6-12H,4-5H2,1-3H3,(H2,20,21,25). The summed E-state index contributed by atoms with van der Waals surface area (Å²) in [5.41, 5.74) is 2.41. The Bertz CT molecular complexity index is 880. The van der Waals surface area contributed by atoms with Crippen molar-refractivity contribution in [1.82, 2.24) is 4.31 Å². The Balaban J connectivity index is 2.09. The van der Waals surface area contributed by atoms with E-state index in [0.717, 1.165) is 11.3 Å². The van der Waals surface area contributed by atoms with Gasteiger partial charge in [0.15, 0.2) is 5.11 Å². The molecule has 2 rings (SSSR count). The van der Waals surface area contributed by atoms with Gasteiger partial charge in [0.25, 0.3) is 0 Å². The van der Waals surface area contributed by atoms with E-state index in [2.05, 4.69) is 10.6 Å². The number of nitrogens with zero attached hydrogens (tertiary/aromatic N) is 1. The number of sulfonamides is 1. The van der Waals surface area contributed by atoms with Gasteiger partial charge in [0, 0.05) is 29.5 Å². The van der Waals surface area contributed by atoms with Gasteiger partial charge in [-0.2, -0.15) is 4.31 Å². The lowest BCUT2D eigenvalue weighted by atomic mass is 10.2. The van der Waals surface area contributed by atoms with E-state index in [9.17, 15) is 8.42 Å². The summed E-state index contributed by atoms with van der Waals surface area (Å²) in [6.07, 6.45) is 0. The second-order valence-corrected chi connectivity index (χ2v) is 8.36. The van der Waals surface area contributed by atoms with E-state index in [-0.39, 0.29) is 4.90 Å². The molecule has 0 saturated carbocycles. The van der Waals surface area contributed by atoms with Crippen molar-refractivity contribution in [2.75, 3.05) is 23.7 Å². The van der Waals surface area contributed by atoms with Crippen molar-refractivity contribution in [3.05, 3.63) is 53.1 Å². The molecule has 5 nitrogen and oxygen atoms in total. The highest BCUT2D eigenvalue weighted by Gasteiger charge is 2.21. The van der Waals surface area contributed by atoms with Crippen LogP contribution in [0.25, 0.3) is 0 Å². The fraction of sp³-hybridized carbons (Fsp3) is 0.278. The van der Waals surface area contributed by atoms with Gasteiger partial charge in [0.1, 0.15) is 0 Å². The summed E-state index contributed by atoms with van der Waals surface area (Å²) in [4.78, 5) is 0.260. The summed E-state index contributed by atoms with van der Waals surface area (Å²) >= 11 is 11.4. The molecule has 0 bridgehead atoms. The fourth-order valence-electron chi connectivity index (χ4n) is 2.45. The zero-order valence-electron chi connectivity index (χ0n) is 14.9. The van der Waals surface area contributed by atoms with Crippen LogP contribution in [0.4, 0.5) is 11.4 Å². The van der Waals surface area contributed by atoms with Gasteiger partial charge < -0.3 is 10.6 Å². The molecule has 2 aromatic carbocycles. The third kappa shape index (κ3) is 4.73. The molecule has 0 aliphatic heterocycles. The number of anilines is 2. The smallest absolute Gasteiger partial charge is 0.243 e. The third-order valence-corrected chi connectivity index (χ3v) is 6.65. The SMILES string of the molecule is CCN(CC)S(=O)(=O)c1ccc(NC(=S)Nc2cccc(Cl)c2C)cc1. The van der Waals surface area contributed by atoms with Crippen LogP contribution in [0.2, 0.25) is 5.02 Å². The molecule has 2 N–H and O–H groups in total. The number of thiocarbonyl (C=S) groups is 1. The summed E-state index contributed by atoms with van der Waals surface area (Å²) in [6.45, 7) is 6.41. The van der Waals surface area contributed by atoms with Crippen molar-refractivity contribution in [1.29, 1.82) is 0 Å². The van der Waals surface area contributed by atoms with Gasteiger partial charge in [-0.25, -0.2) is 8.42 Å². The summed E-state index contributed by atoms with van der Waals surface area (Å²) in [5, 5.41) is 7.19. The minimum Gasteiger partial charge on any atom is -0.332 e. The van der Waals surface area contributed by atoms with Gasteiger partial charge in [-0.3, -0.25) is 0 Å². The van der Waals surface area contributed by atoms with Crippen LogP contribution < -0.4 is 10.6 Å². The highest BCUT2D eigenvalue weighted by atomic mass is 35.5. The van der Waals surface area contributed by atoms with E-state index >= 15 is 0 Å². The van der Waals surface area contributed by atoms with Gasteiger partial charge in [-0.15, -0.1) is 0 Å². The molecular weight excluding hydrogens is 390 g/mol. The maximum absolute atomic E-state index is 12.5. The van der Waals surface area contributed by atoms with Crippen LogP contribution in [-0.4, -0.2) is 30.9 Å². The largest absolute Gasteiger partial charge is 0.332 e. The molecule has 0 radical (unpaired) electrons. The summed E-state index contributed by atoms with van der Waals surface area (Å²) in [6, 6.07) is 12.1. The second-order valence-electron chi connectivity index (χ2n) is 5.61. The Morgan fingerprint density at radius 2 is 1.69 bits per heavy atom. The van der Waals surface area contributed by atoms with Crippen molar-refractivity contribution >= 4 is 50.3 Å². The number of hydrogen-bond acceptors (Lipinski definition) is 3. The number of rotatable bonds is 6. The number of halogens is 1. The first-order valence-corrected chi connectivity index (χ1v) is 10.5. The van der Waals surface area contributed by atoms with Gasteiger partial charge in [-0.05, 0) is 61.1 Å². The lowest BCUT2D eigenvalue weighted by molar-refractivity contribution is 0.445. The lowest BCUT2D eigenvalue weighted by Crippen LogP contribution is -2.30. The van der Waals surface area contributed by atoms with E-state index < -0.39 is 10.0 Å². The predicted octanol–water partition coefficient (Wildman–Crippen LogP) is 4.49. The van der Waals surface area contributed by atoms with Gasteiger partial charge >= 0.3 is 0 Å². The number of benzene rings is 2. The van der Waals surface area contributed by atoms with Crippen molar-refractivity contribution in [2.24, 2.45) is 0 Å². The highest BCUT2D eigenvalue weighted by molar-refractivity contribution is 7.89. The molecule has 0 atom stereocenters. The van der Waals surface area contributed by atoms with E-state index in [4.69, 9.17) is 23.8 Å². The Morgan fingerprint density at radius 3 is 2.27 bits per heavy atom. The molecule has 8 heteroatoms. The summed E-state index contributed by atoms with van der Waals surface area (Å²) in [5.74, 6) is 0. The van der Waals surface area contributed by atoms with Gasteiger partial charge in [-0.1, -0.05) is 31.5 Å². The molecule has 26 heavy (non-hydrogen) atoms. The van der Waals surface area contributed by atoms with Crippen LogP contribution in [0.1, 0.15) is 19.4 Å². The minimum absolute atomic E-state index is 0.260. The lowest BCUT2D eigenvalue weighted by Gasteiger charge is -2.18. The Kier molecular flexibility index (Phi) is 7.00. The normalized spacial score (nSPS) is 11.4. The molecule has 0 aromatic heterocycles. The van der Waals surface area contributed by atoms with Gasteiger partial charge in [0.2, 0.25) is 10.0 Å². The molecular formula is C18H22ClN3O2S2. The summed E-state index contributed by atoms with van der Waals surface area (Å²) < 4.78 is 26.4. The Labute approximate surface area is 165 Å². The van der Waals surface area contributed by atoms with Crippen molar-refractivity contribution in [3.8, 4) is 0 Å². The molecule has 0 fully saturated rings. The highest BCUT2D eigenvalue weighted by Crippen LogP contribution is 2.23. The molecule has 2 aromatic rings. The van der Waals surface area contributed by atoms with E-state index in [1.807, 2.05) is 39.0 Å². The van der Waals surface area contributed by atoms with Crippen LogP contribution in [-0.2, 0) is 10.0 Å². The number of hydrogen-bond donors (Lipinski definition) is 2. The maximum Gasteiger partial charge on any atom is 0.243 e. The monoisotopic (exact) mass is 411 g/mol. The Hall–Kier alpha value is -1.67. The average Bonchev–Trinajstić information content (AvgIpc) is 2.60. The number of nitrogens with one attached hydrogen (secondary N) is 2. The third-order valence-electron chi connectivity index (χ3n) is 3.97. The van der Waals surface area contributed by atoms with Crippen molar-refractivity contribution in [2.45, 2.75) is 25.7 Å². The molecule has 0 aliphatic carbocycles. The van der Waals surface area contributed by atoms with E-state index in [0.29, 0.717) is 28.9 Å². The minimum atomic E-state index is -3.46. The molecule has 0 unspecified atom stereocenters. The van der Waals surface area contributed by atoms with Gasteiger partial charge in [0.05, 0.1) is 4.90 Å². The molecule has 0 aliphatic rings. The van der Waals surface area contributed by atoms with Crippen molar-refractivity contribution < 1.29 is 8.42 Å². The van der Waals surface area contributed by atoms with Crippen LogP contribution in [0.15, 0.2) is 47.4 Å². The topological polar surface area (TPSA) is 61.4 Å². The van der Waals surface area contributed by atoms with Crippen LogP contribution in [0.5, 0.6) is 0 Å². The first kappa shape index (κ1) is 20.6.